The Balaban J connectivity index is 1.76. The highest BCUT2D eigenvalue weighted by Gasteiger charge is 2.73. The minimum atomic E-state index is -4.50. The maximum Gasteiger partial charge on any atom is 0.416 e. The van der Waals surface area contributed by atoms with Crippen LogP contribution >= 0.6 is 11.6 Å². The first-order valence-corrected chi connectivity index (χ1v) is 10.0. The molecule has 160 valence electrons. The molecule has 8 heteroatoms. The van der Waals surface area contributed by atoms with Crippen molar-refractivity contribution in [3.8, 4) is 5.75 Å². The first-order valence-electron chi connectivity index (χ1n) is 9.66. The fourth-order valence-electron chi connectivity index (χ4n) is 4.96. The number of rotatable bonds is 2. The number of aliphatic hydroxyl groups excluding tert-OH is 1. The molecule has 5 rings (SSSR count). The summed E-state index contributed by atoms with van der Waals surface area (Å²) in [5.41, 5.74) is -3.19. The number of alkyl halides is 3. The zero-order chi connectivity index (χ0) is 22.0. The van der Waals surface area contributed by atoms with E-state index in [2.05, 4.69) is 4.98 Å². The third-order valence-corrected chi connectivity index (χ3v) is 6.50. The van der Waals surface area contributed by atoms with E-state index in [4.69, 9.17) is 16.3 Å². The van der Waals surface area contributed by atoms with Crippen molar-refractivity contribution in [1.82, 2.24) is 4.98 Å². The van der Waals surface area contributed by atoms with Gasteiger partial charge in [0.2, 0.25) is 0 Å². The van der Waals surface area contributed by atoms with Crippen molar-refractivity contribution in [3.05, 3.63) is 94.3 Å². The molecule has 3 aromatic rings. The summed E-state index contributed by atoms with van der Waals surface area (Å²) < 4.78 is 45.8. The van der Waals surface area contributed by atoms with E-state index in [9.17, 15) is 23.4 Å². The number of hydrogen-bond acceptors (Lipinski definition) is 4. The Morgan fingerprint density at radius 2 is 1.74 bits per heavy atom. The summed E-state index contributed by atoms with van der Waals surface area (Å²) in [6.07, 6.45) is -4.30. The van der Waals surface area contributed by atoms with E-state index in [1.54, 1.807) is 0 Å². The van der Waals surface area contributed by atoms with Gasteiger partial charge in [-0.2, -0.15) is 13.2 Å². The lowest BCUT2D eigenvalue weighted by Crippen LogP contribution is -2.52. The van der Waals surface area contributed by atoms with Crippen LogP contribution in [0.2, 0.25) is 5.02 Å². The van der Waals surface area contributed by atoms with Gasteiger partial charge in [-0.15, -0.1) is 0 Å². The Hall–Kier alpha value is -2.61. The van der Waals surface area contributed by atoms with Crippen LogP contribution in [0.4, 0.5) is 13.2 Å². The lowest BCUT2D eigenvalue weighted by Gasteiger charge is -2.40. The van der Waals surface area contributed by atoms with E-state index in [0.29, 0.717) is 5.56 Å². The molecule has 2 aliphatic rings. The monoisotopic (exact) mass is 447 g/mol. The number of ether oxygens (including phenoxy) is 1. The van der Waals surface area contributed by atoms with Crippen LogP contribution in [0.1, 0.15) is 34.7 Å². The Morgan fingerprint density at radius 1 is 1.06 bits per heavy atom. The predicted molar refractivity (Wildman–Crippen MR) is 107 cm³/mol. The number of aromatic nitrogens is 1. The molecule has 2 heterocycles. The molecule has 0 spiro atoms. The number of benzene rings is 2. The number of fused-ring (bicyclic) bond motifs is 3. The SMILES string of the molecule is O[C@@H]1C[C@@H](c2ccccc2)[C@]2(c3ccc(C(F)(F)F)cc3)Oc3cc(Cl)cnc3C12O. The minimum Gasteiger partial charge on any atom is -0.476 e. The lowest BCUT2D eigenvalue weighted by molar-refractivity contribution is -0.151. The molecule has 1 unspecified atom stereocenters. The van der Waals surface area contributed by atoms with Crippen LogP contribution in [-0.2, 0) is 17.4 Å². The van der Waals surface area contributed by atoms with Crippen LogP contribution < -0.4 is 4.74 Å². The van der Waals surface area contributed by atoms with Gasteiger partial charge in [0, 0.05) is 18.2 Å². The van der Waals surface area contributed by atoms with Crippen molar-refractivity contribution in [2.24, 2.45) is 0 Å². The maximum atomic E-state index is 13.2. The zero-order valence-corrected chi connectivity index (χ0v) is 16.7. The van der Waals surface area contributed by atoms with Crippen LogP contribution in [-0.4, -0.2) is 21.3 Å². The summed E-state index contributed by atoms with van der Waals surface area (Å²) >= 11 is 6.07. The number of aliphatic hydroxyl groups is 2. The van der Waals surface area contributed by atoms with Gasteiger partial charge in [-0.05, 0) is 29.7 Å². The van der Waals surface area contributed by atoms with E-state index < -0.39 is 35.0 Å². The van der Waals surface area contributed by atoms with Gasteiger partial charge in [0.15, 0.2) is 11.2 Å². The van der Waals surface area contributed by atoms with Gasteiger partial charge < -0.3 is 14.9 Å². The maximum absolute atomic E-state index is 13.2. The molecule has 1 aromatic heterocycles. The van der Waals surface area contributed by atoms with Gasteiger partial charge in [-0.25, -0.2) is 0 Å². The predicted octanol–water partition coefficient (Wildman–Crippen LogP) is 4.78. The highest BCUT2D eigenvalue weighted by Crippen LogP contribution is 2.66. The third-order valence-electron chi connectivity index (χ3n) is 6.29. The molecule has 1 fully saturated rings. The van der Waals surface area contributed by atoms with Crippen molar-refractivity contribution >= 4 is 11.6 Å². The Kier molecular flexibility index (Phi) is 4.38. The molecular formula is C23H17ClF3NO3. The van der Waals surface area contributed by atoms with Gasteiger partial charge in [0.25, 0.3) is 0 Å². The Morgan fingerprint density at radius 3 is 2.39 bits per heavy atom. The molecule has 1 aliphatic carbocycles. The smallest absolute Gasteiger partial charge is 0.416 e. The summed E-state index contributed by atoms with van der Waals surface area (Å²) in [5, 5.41) is 23.2. The van der Waals surface area contributed by atoms with Crippen LogP contribution in [0.3, 0.4) is 0 Å². The molecular weight excluding hydrogens is 431 g/mol. The molecule has 2 aromatic carbocycles. The van der Waals surface area contributed by atoms with Crippen molar-refractivity contribution < 1.29 is 28.1 Å². The third kappa shape index (κ3) is 2.73. The van der Waals surface area contributed by atoms with Gasteiger partial charge >= 0.3 is 6.18 Å². The highest BCUT2D eigenvalue weighted by atomic mass is 35.5. The first kappa shape index (κ1) is 20.3. The summed E-state index contributed by atoms with van der Waals surface area (Å²) in [6.45, 7) is 0. The van der Waals surface area contributed by atoms with Crippen LogP contribution in [0, 0.1) is 0 Å². The van der Waals surface area contributed by atoms with Gasteiger partial charge in [-0.1, -0.05) is 54.1 Å². The fourth-order valence-corrected chi connectivity index (χ4v) is 5.10. The van der Waals surface area contributed by atoms with Gasteiger partial charge in [-0.3, -0.25) is 4.98 Å². The highest BCUT2D eigenvalue weighted by molar-refractivity contribution is 6.30. The molecule has 4 nitrogen and oxygen atoms in total. The van der Waals surface area contributed by atoms with E-state index in [1.165, 1.54) is 24.4 Å². The van der Waals surface area contributed by atoms with Crippen molar-refractivity contribution in [2.75, 3.05) is 0 Å². The summed E-state index contributed by atoms with van der Waals surface area (Å²) in [6, 6.07) is 15.1. The average molecular weight is 448 g/mol. The topological polar surface area (TPSA) is 62.6 Å². The second-order valence-electron chi connectivity index (χ2n) is 7.89. The van der Waals surface area contributed by atoms with Crippen LogP contribution in [0.5, 0.6) is 5.75 Å². The molecule has 0 bridgehead atoms. The summed E-state index contributed by atoms with van der Waals surface area (Å²) in [5.74, 6) is -0.368. The summed E-state index contributed by atoms with van der Waals surface area (Å²) in [7, 11) is 0. The largest absolute Gasteiger partial charge is 0.476 e. The fraction of sp³-hybridized carbons (Fsp3) is 0.261. The Bertz CT molecular complexity index is 1140. The van der Waals surface area contributed by atoms with Gasteiger partial charge in [0.05, 0.1) is 16.7 Å². The lowest BCUT2D eigenvalue weighted by atomic mass is 9.72. The number of nitrogens with zero attached hydrogens (tertiary/aromatic N) is 1. The van der Waals surface area contributed by atoms with Gasteiger partial charge in [0.1, 0.15) is 11.4 Å². The molecule has 0 saturated heterocycles. The molecule has 1 aliphatic heterocycles. The normalized spacial score (nSPS) is 29.4. The standard InChI is InChI=1S/C23H17ClF3NO3/c24-16-10-18-20(28-12-16)21(30)19(29)11-17(13-4-2-1-3-5-13)22(21,31-18)14-6-8-15(9-7-14)23(25,26)27/h1-10,12,17,19,29-30H,11H2/t17-,19+,21?,22-/m0/s1. The molecule has 2 N–H and O–H groups in total. The quantitative estimate of drug-likeness (QED) is 0.593. The minimum absolute atomic E-state index is 0.114. The van der Waals surface area contributed by atoms with Crippen LogP contribution in [0.25, 0.3) is 0 Å². The molecule has 4 atom stereocenters. The second-order valence-corrected chi connectivity index (χ2v) is 8.33. The average Bonchev–Trinajstić information content (AvgIpc) is 3.13. The second kappa shape index (κ2) is 6.69. The van der Waals surface area contributed by atoms with E-state index in [1.807, 2.05) is 30.3 Å². The molecule has 1 saturated carbocycles. The number of pyridine rings is 1. The zero-order valence-electron chi connectivity index (χ0n) is 16.0. The number of halogens is 4. The van der Waals surface area contributed by atoms with E-state index >= 15 is 0 Å². The number of hydrogen-bond donors (Lipinski definition) is 2. The van der Waals surface area contributed by atoms with E-state index in [-0.39, 0.29) is 22.9 Å². The summed E-state index contributed by atoms with van der Waals surface area (Å²) in [4.78, 5) is 4.23. The van der Waals surface area contributed by atoms with Crippen LogP contribution in [0.15, 0.2) is 66.9 Å². The van der Waals surface area contributed by atoms with Crippen molar-refractivity contribution in [2.45, 2.75) is 35.8 Å². The molecule has 31 heavy (non-hydrogen) atoms. The van der Waals surface area contributed by atoms with E-state index in [0.717, 1.165) is 17.7 Å². The first-order chi connectivity index (χ1) is 14.7. The molecule has 0 radical (unpaired) electrons. The molecule has 0 amide bonds. The van der Waals surface area contributed by atoms with Crippen molar-refractivity contribution in [1.29, 1.82) is 0 Å². The Labute approximate surface area is 180 Å². The van der Waals surface area contributed by atoms with Crippen molar-refractivity contribution in [3.63, 3.8) is 0 Å².